The first-order valence-electron chi connectivity index (χ1n) is 6.73. The molecule has 19 heavy (non-hydrogen) atoms. The van der Waals surface area contributed by atoms with Crippen LogP contribution in [0.5, 0.6) is 0 Å². The number of amides is 1. The number of piperidine rings is 1. The third-order valence-electron chi connectivity index (χ3n) is 3.50. The number of benzene rings is 1. The van der Waals surface area contributed by atoms with E-state index in [1.54, 1.807) is 11.8 Å². The number of halogens is 1. The lowest BCUT2D eigenvalue weighted by molar-refractivity contribution is -0.130. The largest absolute Gasteiger partial charge is 0.342 e. The van der Waals surface area contributed by atoms with Crippen molar-refractivity contribution in [1.82, 2.24) is 4.90 Å². The highest BCUT2D eigenvalue weighted by molar-refractivity contribution is 9.10. The zero-order valence-corrected chi connectivity index (χ0v) is 13.9. The summed E-state index contributed by atoms with van der Waals surface area (Å²) in [6.07, 6.45) is 2.40. The van der Waals surface area contributed by atoms with E-state index in [4.69, 9.17) is 0 Å². The minimum atomic E-state index is 0.277. The summed E-state index contributed by atoms with van der Waals surface area (Å²) in [5, 5.41) is 0. The number of rotatable bonds is 3. The Morgan fingerprint density at radius 1 is 1.53 bits per heavy atom. The second-order valence-corrected chi connectivity index (χ2v) is 7.22. The molecule has 0 N–H and O–H groups in total. The van der Waals surface area contributed by atoms with E-state index in [1.165, 1.54) is 16.9 Å². The first-order chi connectivity index (χ1) is 9.06. The van der Waals surface area contributed by atoms with Gasteiger partial charge in [0.2, 0.25) is 5.91 Å². The average Bonchev–Trinajstić information content (AvgIpc) is 2.37. The summed E-state index contributed by atoms with van der Waals surface area (Å²) in [6.45, 7) is 6.17. The third-order valence-corrected chi connectivity index (χ3v) is 5.15. The first kappa shape index (κ1) is 14.9. The van der Waals surface area contributed by atoms with Crippen molar-refractivity contribution in [2.24, 2.45) is 5.92 Å². The molecule has 1 heterocycles. The summed E-state index contributed by atoms with van der Waals surface area (Å²) in [5.41, 5.74) is 1.22. The Hall–Kier alpha value is -0.480. The summed E-state index contributed by atoms with van der Waals surface area (Å²) in [5.74, 6) is 1.48. The molecule has 1 aromatic carbocycles. The van der Waals surface area contributed by atoms with Crippen molar-refractivity contribution in [2.45, 2.75) is 31.6 Å². The second-order valence-electron chi connectivity index (χ2n) is 5.29. The van der Waals surface area contributed by atoms with Crippen LogP contribution in [0.4, 0.5) is 0 Å². The highest BCUT2D eigenvalue weighted by Crippen LogP contribution is 2.26. The molecule has 1 aromatic rings. The summed E-state index contributed by atoms with van der Waals surface area (Å²) in [7, 11) is 0. The van der Waals surface area contributed by atoms with Crippen LogP contribution in [0.1, 0.15) is 25.3 Å². The van der Waals surface area contributed by atoms with Gasteiger partial charge in [0.15, 0.2) is 0 Å². The van der Waals surface area contributed by atoms with Crippen molar-refractivity contribution in [3.63, 3.8) is 0 Å². The number of carbonyl (C=O) groups excluding carboxylic acids is 1. The maximum Gasteiger partial charge on any atom is 0.232 e. The Morgan fingerprint density at radius 3 is 3.00 bits per heavy atom. The molecule has 1 amide bonds. The molecule has 0 aromatic heterocycles. The van der Waals surface area contributed by atoms with Crippen molar-refractivity contribution < 1.29 is 4.79 Å². The Kier molecular flexibility index (Phi) is 5.34. The van der Waals surface area contributed by atoms with Crippen LogP contribution in [-0.4, -0.2) is 29.6 Å². The quantitative estimate of drug-likeness (QED) is 0.771. The van der Waals surface area contributed by atoms with E-state index in [0.29, 0.717) is 11.7 Å². The molecule has 0 bridgehead atoms. The predicted molar refractivity (Wildman–Crippen MR) is 84.6 cm³/mol. The van der Waals surface area contributed by atoms with E-state index in [-0.39, 0.29) is 5.91 Å². The van der Waals surface area contributed by atoms with Gasteiger partial charge in [0.1, 0.15) is 0 Å². The highest BCUT2D eigenvalue weighted by Gasteiger charge is 2.20. The molecule has 0 spiro atoms. The maximum atomic E-state index is 12.2. The molecule has 1 saturated heterocycles. The van der Waals surface area contributed by atoms with Gasteiger partial charge in [0.25, 0.3) is 0 Å². The number of nitrogens with zero attached hydrogens (tertiary/aromatic N) is 1. The molecule has 0 saturated carbocycles. The fourth-order valence-corrected chi connectivity index (χ4v) is 3.81. The van der Waals surface area contributed by atoms with Gasteiger partial charge in [-0.25, -0.2) is 0 Å². The normalized spacial score (nSPS) is 19.5. The smallest absolute Gasteiger partial charge is 0.232 e. The van der Waals surface area contributed by atoms with Gasteiger partial charge in [-0.3, -0.25) is 4.79 Å². The summed E-state index contributed by atoms with van der Waals surface area (Å²) >= 11 is 5.11. The predicted octanol–water partition coefficient (Wildman–Crippen LogP) is 4.11. The van der Waals surface area contributed by atoms with Gasteiger partial charge in [0, 0.05) is 22.5 Å². The van der Waals surface area contributed by atoms with Crippen LogP contribution >= 0.6 is 27.7 Å². The lowest BCUT2D eigenvalue weighted by Gasteiger charge is -2.30. The molecule has 1 fully saturated rings. The number of likely N-dealkylation sites (tertiary alicyclic amines) is 1. The molecular formula is C15H20BrNOS. The minimum absolute atomic E-state index is 0.277. The van der Waals surface area contributed by atoms with E-state index in [1.807, 2.05) is 11.0 Å². The maximum absolute atomic E-state index is 12.2. The molecule has 1 aliphatic rings. The van der Waals surface area contributed by atoms with Gasteiger partial charge in [-0.15, -0.1) is 11.8 Å². The van der Waals surface area contributed by atoms with E-state index in [0.717, 1.165) is 24.0 Å². The van der Waals surface area contributed by atoms with Crippen molar-refractivity contribution in [2.75, 3.05) is 18.8 Å². The van der Waals surface area contributed by atoms with Gasteiger partial charge in [-0.05, 0) is 49.4 Å². The molecule has 1 atom stereocenters. The van der Waals surface area contributed by atoms with Crippen LogP contribution in [0.25, 0.3) is 0 Å². The zero-order chi connectivity index (χ0) is 13.8. The van der Waals surface area contributed by atoms with E-state index in [2.05, 4.69) is 41.9 Å². The Balaban J connectivity index is 1.89. The molecule has 2 nitrogen and oxygen atoms in total. The number of carbonyl (C=O) groups is 1. The molecule has 4 heteroatoms. The van der Waals surface area contributed by atoms with Crippen molar-refractivity contribution in [3.05, 3.63) is 28.2 Å². The Morgan fingerprint density at radius 2 is 2.32 bits per heavy atom. The van der Waals surface area contributed by atoms with E-state index in [9.17, 15) is 4.79 Å². The van der Waals surface area contributed by atoms with Gasteiger partial charge in [-0.2, -0.15) is 0 Å². The third kappa shape index (κ3) is 4.25. The van der Waals surface area contributed by atoms with E-state index >= 15 is 0 Å². The lowest BCUT2D eigenvalue weighted by Crippen LogP contribution is -2.40. The van der Waals surface area contributed by atoms with Gasteiger partial charge < -0.3 is 4.90 Å². The van der Waals surface area contributed by atoms with Gasteiger partial charge >= 0.3 is 0 Å². The number of aryl methyl sites for hydroxylation is 1. The molecule has 2 rings (SSSR count). The van der Waals surface area contributed by atoms with Crippen LogP contribution in [0.2, 0.25) is 0 Å². The van der Waals surface area contributed by atoms with E-state index < -0.39 is 0 Å². The first-order valence-corrected chi connectivity index (χ1v) is 8.51. The minimum Gasteiger partial charge on any atom is -0.342 e. The monoisotopic (exact) mass is 341 g/mol. The summed E-state index contributed by atoms with van der Waals surface area (Å²) in [6, 6.07) is 6.20. The fourth-order valence-electron chi connectivity index (χ4n) is 2.42. The molecule has 0 radical (unpaired) electrons. The standard InChI is InChI=1S/C15H20BrNOS/c1-11-4-3-7-17(9-11)15(18)10-19-14-6-5-13(16)8-12(14)2/h5-6,8,11H,3-4,7,9-10H2,1-2H3. The van der Waals surface area contributed by atoms with Crippen LogP contribution in [0, 0.1) is 12.8 Å². The Bertz CT molecular complexity index is 463. The number of hydrogen-bond donors (Lipinski definition) is 0. The van der Waals surface area contributed by atoms with Gasteiger partial charge in [0.05, 0.1) is 5.75 Å². The summed E-state index contributed by atoms with van der Waals surface area (Å²) in [4.78, 5) is 15.4. The van der Waals surface area contributed by atoms with Crippen molar-refractivity contribution in [1.29, 1.82) is 0 Å². The molecule has 1 unspecified atom stereocenters. The van der Waals surface area contributed by atoms with Crippen LogP contribution < -0.4 is 0 Å². The van der Waals surface area contributed by atoms with Crippen molar-refractivity contribution >= 4 is 33.6 Å². The summed E-state index contributed by atoms with van der Waals surface area (Å²) < 4.78 is 1.09. The topological polar surface area (TPSA) is 20.3 Å². The Labute approximate surface area is 128 Å². The van der Waals surface area contributed by atoms with Crippen LogP contribution in [-0.2, 0) is 4.79 Å². The SMILES string of the molecule is Cc1cc(Br)ccc1SCC(=O)N1CCCC(C)C1. The average molecular weight is 342 g/mol. The second kappa shape index (κ2) is 6.80. The van der Waals surface area contributed by atoms with Crippen molar-refractivity contribution in [3.8, 4) is 0 Å². The molecular weight excluding hydrogens is 322 g/mol. The van der Waals surface area contributed by atoms with Crippen LogP contribution in [0.15, 0.2) is 27.6 Å². The highest BCUT2D eigenvalue weighted by atomic mass is 79.9. The van der Waals surface area contributed by atoms with Crippen LogP contribution in [0.3, 0.4) is 0 Å². The lowest BCUT2D eigenvalue weighted by atomic mass is 10.0. The molecule has 0 aliphatic carbocycles. The number of thioether (sulfide) groups is 1. The fraction of sp³-hybridized carbons (Fsp3) is 0.533. The number of hydrogen-bond acceptors (Lipinski definition) is 2. The zero-order valence-electron chi connectivity index (χ0n) is 11.5. The molecule has 104 valence electrons. The molecule has 1 aliphatic heterocycles. The van der Waals surface area contributed by atoms with Gasteiger partial charge in [-0.1, -0.05) is 22.9 Å².